The Morgan fingerprint density at radius 1 is 1.19 bits per heavy atom. The second kappa shape index (κ2) is 11.0. The van der Waals surface area contributed by atoms with E-state index in [4.69, 9.17) is 5.41 Å². The lowest BCUT2D eigenvalue weighted by Crippen LogP contribution is -2.30. The highest BCUT2D eigenvalue weighted by Crippen LogP contribution is 2.21. The number of benzene rings is 1. The van der Waals surface area contributed by atoms with E-state index in [-0.39, 0.29) is 0 Å². The van der Waals surface area contributed by atoms with Gasteiger partial charge in [-0.1, -0.05) is 43.4 Å². The predicted octanol–water partition coefficient (Wildman–Crippen LogP) is 5.47. The summed E-state index contributed by atoms with van der Waals surface area (Å²) in [5.41, 5.74) is 6.12. The molecule has 2 N–H and O–H groups in total. The summed E-state index contributed by atoms with van der Waals surface area (Å²) < 4.78 is 0. The van der Waals surface area contributed by atoms with Gasteiger partial charge in [-0.2, -0.15) is 0 Å². The van der Waals surface area contributed by atoms with E-state index in [2.05, 4.69) is 77.3 Å². The molecule has 1 aliphatic heterocycles. The molecule has 1 aliphatic rings. The lowest BCUT2D eigenvalue weighted by Gasteiger charge is -2.28. The number of allylic oxidation sites excluding steroid dienone is 6. The fraction of sp³-hybridized carbons (Fsp3) is 0.304. The van der Waals surface area contributed by atoms with Crippen LogP contribution in [-0.4, -0.2) is 22.7 Å². The smallest absolute Gasteiger partial charge is 0.0925 e. The zero-order valence-electron chi connectivity index (χ0n) is 16.6. The number of fused-ring (bicyclic) bond motifs is 1. The van der Waals surface area contributed by atoms with Crippen molar-refractivity contribution in [1.82, 2.24) is 9.97 Å². The summed E-state index contributed by atoms with van der Waals surface area (Å²) in [6, 6.07) is 10.5. The molecule has 0 unspecified atom stereocenters. The Kier molecular flexibility index (Phi) is 8.30. The third-order valence-electron chi connectivity index (χ3n) is 4.57. The van der Waals surface area contributed by atoms with Crippen LogP contribution >= 0.6 is 0 Å². The standard InChI is InChI=1S/C12H13N3.C11H17N/c1-2-4-10(5-3-1)15-7-6-11-12(8-15)14-9-13-11;1-4-5-6-7-10(2)11(3)8-9-12/h1-5,9H,6-8H2,(H,13,14);5-9,12H,4H2,1-3H3/b;6-5-,10-7-,11-8+,12-9?. The summed E-state index contributed by atoms with van der Waals surface area (Å²) >= 11 is 0. The summed E-state index contributed by atoms with van der Waals surface area (Å²) in [7, 11) is 0. The van der Waals surface area contributed by atoms with Crippen LogP contribution in [0, 0.1) is 5.41 Å². The Labute approximate surface area is 162 Å². The third-order valence-corrected chi connectivity index (χ3v) is 4.57. The average Bonchev–Trinajstić information content (AvgIpc) is 3.17. The Bertz CT molecular complexity index is 797. The first-order valence-corrected chi connectivity index (χ1v) is 9.48. The van der Waals surface area contributed by atoms with Crippen molar-refractivity contribution in [3.63, 3.8) is 0 Å². The number of para-hydroxylation sites is 1. The summed E-state index contributed by atoms with van der Waals surface area (Å²) in [6.45, 7) is 8.17. The highest BCUT2D eigenvalue weighted by atomic mass is 15.2. The number of hydrogen-bond donors (Lipinski definition) is 2. The van der Waals surface area contributed by atoms with Gasteiger partial charge in [0.15, 0.2) is 0 Å². The molecule has 0 bridgehead atoms. The first-order chi connectivity index (χ1) is 13.2. The molecule has 4 nitrogen and oxygen atoms in total. The highest BCUT2D eigenvalue weighted by molar-refractivity contribution is 5.70. The maximum Gasteiger partial charge on any atom is 0.0925 e. The molecule has 0 amide bonds. The van der Waals surface area contributed by atoms with Gasteiger partial charge in [0.25, 0.3) is 0 Å². The van der Waals surface area contributed by atoms with E-state index in [9.17, 15) is 0 Å². The topological polar surface area (TPSA) is 55.8 Å². The Balaban J connectivity index is 0.000000201. The van der Waals surface area contributed by atoms with Crippen LogP contribution in [-0.2, 0) is 13.0 Å². The first-order valence-electron chi connectivity index (χ1n) is 9.48. The zero-order valence-corrected chi connectivity index (χ0v) is 16.6. The number of aromatic nitrogens is 2. The van der Waals surface area contributed by atoms with Crippen LogP contribution in [0.25, 0.3) is 0 Å². The van der Waals surface area contributed by atoms with Crippen LogP contribution in [0.1, 0.15) is 38.6 Å². The molecule has 4 heteroatoms. The molecule has 27 heavy (non-hydrogen) atoms. The highest BCUT2D eigenvalue weighted by Gasteiger charge is 2.17. The van der Waals surface area contributed by atoms with E-state index in [1.54, 1.807) is 12.4 Å². The number of hydrogen-bond acceptors (Lipinski definition) is 3. The Morgan fingerprint density at radius 3 is 2.63 bits per heavy atom. The SMILES string of the molecule is CC\C=C/C=C(C)\C(C)=C\C=N.c1ccc(N2CCc3nc[nH]c3C2)cc1. The molecular formula is C23H30N4. The number of nitrogens with one attached hydrogen (secondary N) is 2. The van der Waals surface area contributed by atoms with Crippen molar-refractivity contribution < 1.29 is 0 Å². The van der Waals surface area contributed by atoms with Crippen LogP contribution in [0.2, 0.25) is 0 Å². The molecular weight excluding hydrogens is 332 g/mol. The molecule has 0 fully saturated rings. The van der Waals surface area contributed by atoms with Gasteiger partial charge >= 0.3 is 0 Å². The maximum atomic E-state index is 6.89. The normalized spacial score (nSPS) is 14.6. The minimum Gasteiger partial charge on any atom is -0.365 e. The fourth-order valence-corrected chi connectivity index (χ4v) is 2.81. The van der Waals surface area contributed by atoms with E-state index in [0.29, 0.717) is 0 Å². The maximum absolute atomic E-state index is 6.89. The van der Waals surface area contributed by atoms with Gasteiger partial charge in [-0.15, -0.1) is 0 Å². The van der Waals surface area contributed by atoms with Crippen LogP contribution in [0.15, 0.2) is 72.1 Å². The van der Waals surface area contributed by atoms with E-state index in [1.807, 2.05) is 6.92 Å². The fourth-order valence-electron chi connectivity index (χ4n) is 2.81. The van der Waals surface area contributed by atoms with Gasteiger partial charge in [0.05, 0.1) is 24.3 Å². The monoisotopic (exact) mass is 362 g/mol. The van der Waals surface area contributed by atoms with Gasteiger partial charge in [-0.05, 0) is 49.6 Å². The number of imidazole rings is 1. The largest absolute Gasteiger partial charge is 0.365 e. The van der Waals surface area contributed by atoms with Gasteiger partial charge in [0, 0.05) is 24.9 Å². The van der Waals surface area contributed by atoms with Gasteiger partial charge < -0.3 is 15.3 Å². The number of aromatic amines is 1. The lowest BCUT2D eigenvalue weighted by atomic mass is 10.1. The molecule has 3 rings (SSSR count). The molecule has 2 heterocycles. The molecule has 1 aromatic heterocycles. The van der Waals surface area contributed by atoms with Gasteiger partial charge in [0.1, 0.15) is 0 Å². The third kappa shape index (κ3) is 6.41. The number of rotatable bonds is 5. The second-order valence-electron chi connectivity index (χ2n) is 6.54. The molecule has 0 aliphatic carbocycles. The molecule has 0 saturated heterocycles. The quantitative estimate of drug-likeness (QED) is 0.547. The zero-order chi connectivity index (χ0) is 19.5. The van der Waals surface area contributed by atoms with Crippen molar-refractivity contribution >= 4 is 11.9 Å². The van der Waals surface area contributed by atoms with E-state index >= 15 is 0 Å². The summed E-state index contributed by atoms with van der Waals surface area (Å²) in [5.74, 6) is 0. The van der Waals surface area contributed by atoms with Crippen molar-refractivity contribution in [3.8, 4) is 0 Å². The van der Waals surface area contributed by atoms with E-state index < -0.39 is 0 Å². The van der Waals surface area contributed by atoms with Crippen molar-refractivity contribution in [3.05, 3.63) is 83.5 Å². The minimum absolute atomic E-state index is 0.944. The summed E-state index contributed by atoms with van der Waals surface area (Å²) in [4.78, 5) is 9.88. The van der Waals surface area contributed by atoms with Gasteiger partial charge in [-0.25, -0.2) is 4.98 Å². The van der Waals surface area contributed by atoms with Crippen LogP contribution in [0.5, 0.6) is 0 Å². The lowest BCUT2D eigenvalue weighted by molar-refractivity contribution is 0.711. The van der Waals surface area contributed by atoms with Gasteiger partial charge in [0.2, 0.25) is 0 Å². The summed E-state index contributed by atoms with van der Waals surface area (Å²) in [5, 5.41) is 6.89. The molecule has 0 saturated carbocycles. The summed E-state index contributed by atoms with van der Waals surface area (Å²) in [6.07, 6.45) is 13.2. The Morgan fingerprint density at radius 2 is 1.93 bits per heavy atom. The second-order valence-corrected chi connectivity index (χ2v) is 6.54. The molecule has 2 aromatic rings. The number of anilines is 1. The molecule has 1 aromatic carbocycles. The molecule has 0 spiro atoms. The van der Waals surface area contributed by atoms with Crippen molar-refractivity contribution in [2.45, 2.75) is 40.2 Å². The molecule has 0 atom stereocenters. The number of H-pyrrole nitrogens is 1. The van der Waals surface area contributed by atoms with Crippen molar-refractivity contribution in [2.75, 3.05) is 11.4 Å². The predicted molar refractivity (Wildman–Crippen MR) is 116 cm³/mol. The van der Waals surface area contributed by atoms with Crippen LogP contribution in [0.4, 0.5) is 5.69 Å². The Hall–Kier alpha value is -2.88. The number of nitrogens with zero attached hydrogens (tertiary/aromatic N) is 2. The molecule has 0 radical (unpaired) electrons. The average molecular weight is 363 g/mol. The van der Waals surface area contributed by atoms with E-state index in [1.165, 1.54) is 28.9 Å². The minimum atomic E-state index is 0.944. The van der Waals surface area contributed by atoms with Crippen LogP contribution < -0.4 is 4.90 Å². The first kappa shape index (κ1) is 20.4. The van der Waals surface area contributed by atoms with Crippen LogP contribution in [0.3, 0.4) is 0 Å². The van der Waals surface area contributed by atoms with E-state index in [0.717, 1.165) is 31.5 Å². The van der Waals surface area contributed by atoms with Crippen molar-refractivity contribution in [1.29, 1.82) is 5.41 Å². The van der Waals surface area contributed by atoms with Gasteiger partial charge in [-0.3, -0.25) is 0 Å². The van der Waals surface area contributed by atoms with Crippen molar-refractivity contribution in [2.24, 2.45) is 0 Å². The molecule has 142 valence electrons.